The van der Waals surface area contributed by atoms with Gasteiger partial charge in [0.2, 0.25) is 0 Å². The molecule has 17 heavy (non-hydrogen) atoms. The van der Waals surface area contributed by atoms with E-state index in [1.54, 1.807) is 12.3 Å². The minimum absolute atomic E-state index is 0.447. The number of nitrogens with two attached hydrogens (primary N) is 1. The van der Waals surface area contributed by atoms with Crippen molar-refractivity contribution < 1.29 is 0 Å². The molecule has 1 aromatic carbocycles. The molecule has 1 aromatic heterocycles. The molecule has 4 nitrogen and oxygen atoms in total. The summed E-state index contributed by atoms with van der Waals surface area (Å²) in [4.78, 5) is 5.90. The topological polar surface area (TPSA) is 65.9 Å². The molecule has 0 radical (unpaired) electrons. The molecule has 0 amide bonds. The van der Waals surface area contributed by atoms with E-state index in [4.69, 9.17) is 11.0 Å². The molecule has 4 heteroatoms. The summed E-state index contributed by atoms with van der Waals surface area (Å²) in [7, 11) is 1.86. The zero-order chi connectivity index (χ0) is 12.3. The lowest BCUT2D eigenvalue weighted by atomic mass is 10.1. The van der Waals surface area contributed by atoms with Gasteiger partial charge >= 0.3 is 0 Å². The smallest absolute Gasteiger partial charge is 0.147 e. The van der Waals surface area contributed by atoms with Gasteiger partial charge in [0.25, 0.3) is 0 Å². The maximum absolute atomic E-state index is 9.06. The molecule has 0 aliphatic rings. The SMILES string of the molecule is CN(c1ccccc1C#N)c1cccnc1N. The summed E-state index contributed by atoms with van der Waals surface area (Å²) in [5.41, 5.74) is 8.03. The van der Waals surface area contributed by atoms with E-state index in [0.29, 0.717) is 11.4 Å². The zero-order valence-electron chi connectivity index (χ0n) is 9.46. The van der Waals surface area contributed by atoms with Gasteiger partial charge in [-0.25, -0.2) is 4.98 Å². The number of hydrogen-bond donors (Lipinski definition) is 1. The third-order valence-corrected chi connectivity index (χ3v) is 2.56. The number of nitrogens with zero attached hydrogens (tertiary/aromatic N) is 3. The van der Waals surface area contributed by atoms with Crippen LogP contribution in [0.1, 0.15) is 5.56 Å². The Balaban J connectivity index is 2.48. The first-order valence-electron chi connectivity index (χ1n) is 5.17. The van der Waals surface area contributed by atoms with Gasteiger partial charge in [-0.2, -0.15) is 5.26 Å². The number of aromatic nitrogens is 1. The molecule has 2 N–H and O–H groups in total. The van der Waals surface area contributed by atoms with E-state index in [1.165, 1.54) is 0 Å². The van der Waals surface area contributed by atoms with Gasteiger partial charge in [-0.05, 0) is 24.3 Å². The van der Waals surface area contributed by atoms with Gasteiger partial charge in [0.15, 0.2) is 0 Å². The van der Waals surface area contributed by atoms with Crippen LogP contribution in [0.3, 0.4) is 0 Å². The molecule has 84 valence electrons. The minimum atomic E-state index is 0.447. The van der Waals surface area contributed by atoms with Crippen molar-refractivity contribution in [2.45, 2.75) is 0 Å². The molecule has 0 spiro atoms. The van der Waals surface area contributed by atoms with Crippen molar-refractivity contribution in [3.05, 3.63) is 48.2 Å². The lowest BCUT2D eigenvalue weighted by Gasteiger charge is -2.21. The highest BCUT2D eigenvalue weighted by Crippen LogP contribution is 2.29. The fraction of sp³-hybridized carbons (Fsp3) is 0.0769. The number of rotatable bonds is 2. The third-order valence-electron chi connectivity index (χ3n) is 2.56. The van der Waals surface area contributed by atoms with Crippen LogP contribution >= 0.6 is 0 Å². The van der Waals surface area contributed by atoms with E-state index < -0.39 is 0 Å². The van der Waals surface area contributed by atoms with Crippen molar-refractivity contribution >= 4 is 17.2 Å². The summed E-state index contributed by atoms with van der Waals surface area (Å²) in [6, 6.07) is 13.2. The highest BCUT2D eigenvalue weighted by Gasteiger charge is 2.11. The van der Waals surface area contributed by atoms with E-state index >= 15 is 0 Å². The predicted octanol–water partition coefficient (Wildman–Crippen LogP) is 2.30. The lowest BCUT2D eigenvalue weighted by molar-refractivity contribution is 1.17. The van der Waals surface area contributed by atoms with E-state index in [9.17, 15) is 0 Å². The summed E-state index contributed by atoms with van der Waals surface area (Å²) < 4.78 is 0. The van der Waals surface area contributed by atoms with Crippen molar-refractivity contribution in [2.24, 2.45) is 0 Å². The summed E-state index contributed by atoms with van der Waals surface area (Å²) >= 11 is 0. The van der Waals surface area contributed by atoms with E-state index in [1.807, 2.05) is 42.3 Å². The summed E-state index contributed by atoms with van der Waals surface area (Å²) in [6.07, 6.45) is 1.64. The molecule has 1 heterocycles. The van der Waals surface area contributed by atoms with Crippen LogP contribution in [-0.2, 0) is 0 Å². The molecule has 0 aliphatic heterocycles. The van der Waals surface area contributed by atoms with Crippen LogP contribution in [0.2, 0.25) is 0 Å². The van der Waals surface area contributed by atoms with Crippen LogP contribution in [-0.4, -0.2) is 12.0 Å². The Morgan fingerprint density at radius 3 is 2.59 bits per heavy atom. The van der Waals surface area contributed by atoms with Gasteiger partial charge in [-0.15, -0.1) is 0 Å². The van der Waals surface area contributed by atoms with Crippen LogP contribution < -0.4 is 10.6 Å². The maximum Gasteiger partial charge on any atom is 0.147 e. The second kappa shape index (κ2) is 4.54. The normalized spacial score (nSPS) is 9.65. The number of anilines is 3. The molecular weight excluding hydrogens is 212 g/mol. The third kappa shape index (κ3) is 2.04. The molecule has 0 atom stereocenters. The number of hydrogen-bond acceptors (Lipinski definition) is 4. The van der Waals surface area contributed by atoms with Gasteiger partial charge in [0, 0.05) is 13.2 Å². The first kappa shape index (κ1) is 11.0. The molecule has 2 rings (SSSR count). The molecule has 0 saturated heterocycles. The number of para-hydroxylation sites is 1. The van der Waals surface area contributed by atoms with Gasteiger partial charge in [0.1, 0.15) is 11.9 Å². The van der Waals surface area contributed by atoms with Crippen molar-refractivity contribution in [1.82, 2.24) is 4.98 Å². The van der Waals surface area contributed by atoms with Crippen LogP contribution in [0.5, 0.6) is 0 Å². The standard InChI is InChI=1S/C13H12N4/c1-17(12-7-4-8-16-13(12)15)11-6-3-2-5-10(11)9-14/h2-8H,1H3,(H2,15,16). The largest absolute Gasteiger partial charge is 0.382 e. The first-order chi connectivity index (χ1) is 8.24. The molecule has 0 bridgehead atoms. The molecule has 0 unspecified atom stereocenters. The van der Waals surface area contributed by atoms with Gasteiger partial charge in [0.05, 0.1) is 16.9 Å². The Bertz CT molecular complexity index is 572. The average molecular weight is 224 g/mol. The van der Waals surface area contributed by atoms with E-state index in [0.717, 1.165) is 11.4 Å². The highest BCUT2D eigenvalue weighted by atomic mass is 15.1. The number of benzene rings is 1. The second-order valence-electron chi connectivity index (χ2n) is 3.60. The van der Waals surface area contributed by atoms with Crippen LogP contribution in [0.4, 0.5) is 17.2 Å². The van der Waals surface area contributed by atoms with E-state index in [-0.39, 0.29) is 0 Å². The van der Waals surface area contributed by atoms with Crippen LogP contribution in [0, 0.1) is 11.3 Å². The lowest BCUT2D eigenvalue weighted by Crippen LogP contribution is -2.13. The Hall–Kier alpha value is -2.54. The Morgan fingerprint density at radius 2 is 1.88 bits per heavy atom. The first-order valence-corrected chi connectivity index (χ1v) is 5.17. The van der Waals surface area contributed by atoms with Gasteiger partial charge in [-0.3, -0.25) is 0 Å². The van der Waals surface area contributed by atoms with Gasteiger partial charge in [-0.1, -0.05) is 12.1 Å². The Morgan fingerprint density at radius 1 is 1.18 bits per heavy atom. The van der Waals surface area contributed by atoms with Crippen LogP contribution in [0.15, 0.2) is 42.6 Å². The van der Waals surface area contributed by atoms with E-state index in [2.05, 4.69) is 11.1 Å². The van der Waals surface area contributed by atoms with Gasteiger partial charge < -0.3 is 10.6 Å². The predicted molar refractivity (Wildman–Crippen MR) is 67.9 cm³/mol. The van der Waals surface area contributed by atoms with Crippen molar-refractivity contribution in [2.75, 3.05) is 17.7 Å². The zero-order valence-corrected chi connectivity index (χ0v) is 9.46. The molecule has 0 fully saturated rings. The van der Waals surface area contributed by atoms with Crippen molar-refractivity contribution in [3.63, 3.8) is 0 Å². The summed E-state index contributed by atoms with van der Waals surface area (Å²) in [5.74, 6) is 0.447. The molecular formula is C13H12N4. The second-order valence-corrected chi connectivity index (χ2v) is 3.60. The Kier molecular flexibility index (Phi) is 2.93. The summed E-state index contributed by atoms with van der Waals surface area (Å²) in [5, 5.41) is 9.06. The Labute approximate surface area is 99.9 Å². The fourth-order valence-corrected chi connectivity index (χ4v) is 1.68. The van der Waals surface area contributed by atoms with Crippen molar-refractivity contribution in [3.8, 4) is 6.07 Å². The maximum atomic E-state index is 9.06. The number of nitrogen functional groups attached to an aromatic ring is 1. The molecule has 0 saturated carbocycles. The van der Waals surface area contributed by atoms with Crippen molar-refractivity contribution in [1.29, 1.82) is 5.26 Å². The molecule has 2 aromatic rings. The quantitative estimate of drug-likeness (QED) is 0.850. The summed E-state index contributed by atoms with van der Waals surface area (Å²) in [6.45, 7) is 0. The molecule has 0 aliphatic carbocycles. The fourth-order valence-electron chi connectivity index (χ4n) is 1.68. The number of nitriles is 1. The minimum Gasteiger partial charge on any atom is -0.382 e. The van der Waals surface area contributed by atoms with Crippen LogP contribution in [0.25, 0.3) is 0 Å². The highest BCUT2D eigenvalue weighted by molar-refractivity contribution is 5.74. The number of pyridine rings is 1. The monoisotopic (exact) mass is 224 g/mol. The average Bonchev–Trinajstić information content (AvgIpc) is 2.38.